The zero-order valence-corrected chi connectivity index (χ0v) is 13.1. The number of carbonyl (C=O) groups is 2. The fourth-order valence-corrected chi connectivity index (χ4v) is 2.18. The molecule has 1 amide bonds. The van der Waals surface area contributed by atoms with Gasteiger partial charge in [0.15, 0.2) is 0 Å². The highest BCUT2D eigenvalue weighted by Crippen LogP contribution is 2.11. The summed E-state index contributed by atoms with van der Waals surface area (Å²) in [4.78, 5) is 24.7. The maximum absolute atomic E-state index is 12.4. The van der Waals surface area contributed by atoms with E-state index in [-0.39, 0.29) is 24.9 Å². The first-order chi connectivity index (χ1) is 11.0. The van der Waals surface area contributed by atoms with Crippen molar-refractivity contribution in [1.82, 2.24) is 25.1 Å². The van der Waals surface area contributed by atoms with Gasteiger partial charge in [0, 0.05) is 6.04 Å². The first-order valence-electron chi connectivity index (χ1n) is 7.34. The van der Waals surface area contributed by atoms with Crippen LogP contribution in [0.1, 0.15) is 25.8 Å². The third-order valence-electron chi connectivity index (χ3n) is 3.65. The van der Waals surface area contributed by atoms with Crippen LogP contribution in [0.3, 0.4) is 0 Å². The number of tetrazole rings is 1. The van der Waals surface area contributed by atoms with E-state index in [0.29, 0.717) is 6.42 Å². The highest BCUT2D eigenvalue weighted by atomic mass is 16.4. The Morgan fingerprint density at radius 3 is 2.52 bits per heavy atom. The summed E-state index contributed by atoms with van der Waals surface area (Å²) in [5.74, 6) is -1.20. The Hall–Kier alpha value is -2.77. The molecule has 0 saturated heterocycles. The van der Waals surface area contributed by atoms with E-state index in [1.165, 1.54) is 15.9 Å². The molecular weight excluding hydrogens is 298 g/mol. The Bertz CT molecular complexity index is 654. The molecule has 0 spiro atoms. The molecule has 1 heterocycles. The van der Waals surface area contributed by atoms with Gasteiger partial charge in [-0.25, -0.2) is 4.68 Å². The smallest absolute Gasteiger partial charge is 0.323 e. The van der Waals surface area contributed by atoms with Crippen LogP contribution in [0, 0.1) is 0 Å². The van der Waals surface area contributed by atoms with Crippen molar-refractivity contribution in [3.63, 3.8) is 0 Å². The van der Waals surface area contributed by atoms with Gasteiger partial charge in [0.2, 0.25) is 5.91 Å². The first kappa shape index (κ1) is 16.6. The molecular formula is C15H19N5O3. The van der Waals surface area contributed by atoms with Gasteiger partial charge < -0.3 is 10.0 Å². The SMILES string of the molecule is CCC(C)N(CC(=O)O)C(=O)Cc1ccc(-n2cnnn2)cc1. The fourth-order valence-electron chi connectivity index (χ4n) is 2.18. The molecule has 0 radical (unpaired) electrons. The van der Waals surface area contributed by atoms with Crippen LogP contribution in [0.25, 0.3) is 5.69 Å². The molecule has 1 aromatic heterocycles. The van der Waals surface area contributed by atoms with Crippen LogP contribution in [0.5, 0.6) is 0 Å². The minimum atomic E-state index is -1.01. The van der Waals surface area contributed by atoms with E-state index < -0.39 is 5.97 Å². The summed E-state index contributed by atoms with van der Waals surface area (Å²) in [6.45, 7) is 3.49. The lowest BCUT2D eigenvalue weighted by molar-refractivity contribution is -0.145. The average Bonchev–Trinajstić information content (AvgIpc) is 3.06. The molecule has 0 aliphatic heterocycles. The van der Waals surface area contributed by atoms with Crippen molar-refractivity contribution >= 4 is 11.9 Å². The third kappa shape index (κ3) is 4.35. The maximum atomic E-state index is 12.4. The van der Waals surface area contributed by atoms with E-state index in [1.807, 2.05) is 38.1 Å². The lowest BCUT2D eigenvalue weighted by atomic mass is 10.1. The zero-order chi connectivity index (χ0) is 16.8. The summed E-state index contributed by atoms with van der Waals surface area (Å²) in [5, 5.41) is 19.9. The van der Waals surface area contributed by atoms with Crippen molar-refractivity contribution in [2.75, 3.05) is 6.54 Å². The number of carboxylic acid groups (broad SMARTS) is 1. The largest absolute Gasteiger partial charge is 0.480 e. The lowest BCUT2D eigenvalue weighted by Gasteiger charge is -2.27. The maximum Gasteiger partial charge on any atom is 0.323 e. The van der Waals surface area contributed by atoms with Gasteiger partial charge in [-0.15, -0.1) is 5.10 Å². The minimum absolute atomic E-state index is 0.112. The summed E-state index contributed by atoms with van der Waals surface area (Å²) >= 11 is 0. The number of carbonyl (C=O) groups excluding carboxylic acids is 1. The fraction of sp³-hybridized carbons (Fsp3) is 0.400. The Morgan fingerprint density at radius 1 is 1.30 bits per heavy atom. The molecule has 8 nitrogen and oxygen atoms in total. The Morgan fingerprint density at radius 2 is 2.00 bits per heavy atom. The molecule has 1 atom stereocenters. The standard InChI is InChI=1S/C15H19N5O3/c1-3-11(2)19(9-15(22)23)14(21)8-12-4-6-13(7-5-12)20-10-16-17-18-20/h4-7,10-11H,3,8-9H2,1-2H3,(H,22,23). The molecule has 2 rings (SSSR count). The van der Waals surface area contributed by atoms with Gasteiger partial charge in [0.1, 0.15) is 12.9 Å². The van der Waals surface area contributed by atoms with Crippen molar-refractivity contribution in [1.29, 1.82) is 0 Å². The third-order valence-corrected chi connectivity index (χ3v) is 3.65. The molecule has 1 unspecified atom stereocenters. The van der Waals surface area contributed by atoms with Gasteiger partial charge in [-0.1, -0.05) is 19.1 Å². The van der Waals surface area contributed by atoms with E-state index >= 15 is 0 Å². The number of nitrogens with zero attached hydrogens (tertiary/aromatic N) is 5. The van der Waals surface area contributed by atoms with Crippen molar-refractivity contribution in [2.45, 2.75) is 32.7 Å². The Kier molecular flexibility index (Phi) is 5.40. The summed E-state index contributed by atoms with van der Waals surface area (Å²) in [7, 11) is 0. The number of amides is 1. The van der Waals surface area contributed by atoms with Crippen LogP contribution < -0.4 is 0 Å². The summed E-state index contributed by atoms with van der Waals surface area (Å²) in [6, 6.07) is 7.13. The molecule has 1 N–H and O–H groups in total. The van der Waals surface area contributed by atoms with E-state index in [9.17, 15) is 9.59 Å². The number of hydrogen-bond donors (Lipinski definition) is 1. The molecule has 0 saturated carbocycles. The van der Waals surface area contributed by atoms with Crippen LogP contribution in [-0.2, 0) is 16.0 Å². The molecule has 122 valence electrons. The Labute approximate surface area is 133 Å². The highest BCUT2D eigenvalue weighted by molar-refractivity contribution is 5.83. The summed E-state index contributed by atoms with van der Waals surface area (Å²) in [5.41, 5.74) is 1.60. The second-order valence-electron chi connectivity index (χ2n) is 5.27. The zero-order valence-electron chi connectivity index (χ0n) is 13.1. The Balaban J connectivity index is 2.07. The molecule has 23 heavy (non-hydrogen) atoms. The summed E-state index contributed by atoms with van der Waals surface area (Å²) in [6.07, 6.45) is 2.35. The number of hydrogen-bond acceptors (Lipinski definition) is 5. The topological polar surface area (TPSA) is 101 Å². The second-order valence-corrected chi connectivity index (χ2v) is 5.27. The van der Waals surface area contributed by atoms with Crippen molar-refractivity contribution in [2.24, 2.45) is 0 Å². The van der Waals surface area contributed by atoms with E-state index in [1.54, 1.807) is 0 Å². The number of rotatable bonds is 7. The van der Waals surface area contributed by atoms with E-state index in [2.05, 4.69) is 15.5 Å². The number of aliphatic carboxylic acids is 1. The number of carboxylic acids is 1. The molecule has 8 heteroatoms. The van der Waals surface area contributed by atoms with Crippen LogP contribution in [0.2, 0.25) is 0 Å². The van der Waals surface area contributed by atoms with Crippen molar-refractivity contribution in [3.8, 4) is 5.69 Å². The quantitative estimate of drug-likeness (QED) is 0.814. The van der Waals surface area contributed by atoms with E-state index in [0.717, 1.165) is 11.3 Å². The predicted molar refractivity (Wildman–Crippen MR) is 82.0 cm³/mol. The normalized spacial score (nSPS) is 11.9. The van der Waals surface area contributed by atoms with Crippen LogP contribution in [-0.4, -0.2) is 54.7 Å². The second kappa shape index (κ2) is 7.48. The monoisotopic (exact) mass is 317 g/mol. The van der Waals surface area contributed by atoms with Crippen molar-refractivity contribution < 1.29 is 14.7 Å². The lowest BCUT2D eigenvalue weighted by Crippen LogP contribution is -2.42. The highest BCUT2D eigenvalue weighted by Gasteiger charge is 2.21. The van der Waals surface area contributed by atoms with Gasteiger partial charge in [-0.2, -0.15) is 0 Å². The van der Waals surface area contributed by atoms with Crippen molar-refractivity contribution in [3.05, 3.63) is 36.2 Å². The molecule has 0 fully saturated rings. The minimum Gasteiger partial charge on any atom is -0.480 e. The van der Waals surface area contributed by atoms with Crippen LogP contribution >= 0.6 is 0 Å². The summed E-state index contributed by atoms with van der Waals surface area (Å²) < 4.78 is 1.52. The molecule has 0 bridgehead atoms. The van der Waals surface area contributed by atoms with Gasteiger partial charge in [0.05, 0.1) is 12.1 Å². The van der Waals surface area contributed by atoms with Gasteiger partial charge in [-0.3, -0.25) is 9.59 Å². The van der Waals surface area contributed by atoms with Crippen LogP contribution in [0.15, 0.2) is 30.6 Å². The van der Waals surface area contributed by atoms with Gasteiger partial charge >= 0.3 is 5.97 Å². The molecule has 1 aromatic carbocycles. The van der Waals surface area contributed by atoms with Gasteiger partial charge in [0.25, 0.3) is 0 Å². The average molecular weight is 317 g/mol. The molecule has 0 aliphatic carbocycles. The number of aromatic nitrogens is 4. The van der Waals surface area contributed by atoms with Gasteiger partial charge in [-0.05, 0) is 41.5 Å². The predicted octanol–water partition coefficient (Wildman–Crippen LogP) is 0.916. The first-order valence-corrected chi connectivity index (χ1v) is 7.34. The van der Waals surface area contributed by atoms with Crippen LogP contribution in [0.4, 0.5) is 0 Å². The molecule has 0 aliphatic rings. The van der Waals surface area contributed by atoms with E-state index in [4.69, 9.17) is 5.11 Å². The number of benzene rings is 1. The molecule has 2 aromatic rings.